The van der Waals surface area contributed by atoms with E-state index < -0.39 is 10.0 Å². The lowest BCUT2D eigenvalue weighted by Gasteiger charge is -2.20. The van der Waals surface area contributed by atoms with Crippen molar-refractivity contribution in [2.75, 3.05) is 32.3 Å². The smallest absolute Gasteiger partial charge is 0.242 e. The molecule has 2 aromatic rings. The number of hydrogen-bond acceptors (Lipinski definition) is 7. The Kier molecular flexibility index (Phi) is 6.84. The van der Waals surface area contributed by atoms with Gasteiger partial charge in [0.25, 0.3) is 0 Å². The predicted molar refractivity (Wildman–Crippen MR) is 110 cm³/mol. The van der Waals surface area contributed by atoms with Crippen molar-refractivity contribution in [3.05, 3.63) is 30.1 Å². The Balaban J connectivity index is 1.49. The molecular weight excluding hydrogens is 398 g/mol. The van der Waals surface area contributed by atoms with E-state index in [0.717, 1.165) is 18.7 Å². The van der Waals surface area contributed by atoms with Gasteiger partial charge in [-0.1, -0.05) is 31.0 Å². The number of nitrogen functional groups attached to an aromatic ring is 1. The molecule has 1 saturated carbocycles. The van der Waals surface area contributed by atoms with E-state index in [0.29, 0.717) is 29.2 Å². The van der Waals surface area contributed by atoms with Crippen LogP contribution in [-0.4, -0.2) is 54.1 Å². The van der Waals surface area contributed by atoms with Crippen molar-refractivity contribution in [3.8, 4) is 5.75 Å². The minimum atomic E-state index is -3.42. The zero-order valence-electron chi connectivity index (χ0n) is 16.2. The average molecular weight is 426 g/mol. The number of ether oxygens (including phenoxy) is 1. The maximum atomic E-state index is 12.1. The van der Waals surface area contributed by atoms with Crippen LogP contribution in [0.5, 0.6) is 5.75 Å². The van der Waals surface area contributed by atoms with Crippen molar-refractivity contribution in [2.24, 2.45) is 0 Å². The predicted octanol–water partition coefficient (Wildman–Crippen LogP) is 2.46. The van der Waals surface area contributed by atoms with Crippen LogP contribution >= 0.6 is 11.8 Å². The van der Waals surface area contributed by atoms with E-state index in [9.17, 15) is 8.42 Å². The summed E-state index contributed by atoms with van der Waals surface area (Å²) >= 11 is 1.50. The van der Waals surface area contributed by atoms with Gasteiger partial charge < -0.3 is 10.6 Å². The lowest BCUT2D eigenvalue weighted by Crippen LogP contribution is -2.22. The number of nitrogens with zero attached hydrogens (tertiary/aromatic N) is 4. The number of thioether (sulfide) groups is 1. The van der Waals surface area contributed by atoms with Gasteiger partial charge in [0.2, 0.25) is 15.2 Å². The molecule has 0 aliphatic heterocycles. The maximum Gasteiger partial charge on any atom is 0.242 e. The number of benzene rings is 1. The lowest BCUT2D eigenvalue weighted by molar-refractivity contribution is 0.343. The highest BCUT2D eigenvalue weighted by atomic mass is 32.2. The maximum absolute atomic E-state index is 12.1. The molecule has 1 aliphatic rings. The summed E-state index contributed by atoms with van der Waals surface area (Å²) in [5.41, 5.74) is 0. The summed E-state index contributed by atoms with van der Waals surface area (Å²) in [6, 6.07) is 6.41. The molecule has 0 atom stereocenters. The van der Waals surface area contributed by atoms with Crippen LogP contribution in [-0.2, 0) is 10.0 Å². The summed E-state index contributed by atoms with van der Waals surface area (Å²) in [5, 5.41) is 9.19. The first-order valence-electron chi connectivity index (χ1n) is 9.38. The average Bonchev–Trinajstić information content (AvgIpc) is 3.06. The molecule has 1 fully saturated rings. The number of aromatic nitrogens is 3. The molecule has 1 heterocycles. The summed E-state index contributed by atoms with van der Waals surface area (Å²) < 4.78 is 32.6. The summed E-state index contributed by atoms with van der Waals surface area (Å²) in [6.45, 7) is 0.454. The van der Waals surface area contributed by atoms with Crippen LogP contribution in [0.3, 0.4) is 0 Å². The second kappa shape index (κ2) is 9.15. The third-order valence-corrected chi connectivity index (χ3v) is 7.58. The molecule has 10 heteroatoms. The minimum Gasteiger partial charge on any atom is -0.493 e. The highest BCUT2D eigenvalue weighted by Crippen LogP contribution is 2.32. The summed E-state index contributed by atoms with van der Waals surface area (Å²) in [6.07, 6.45) is 5.99. The molecular formula is C18H27N5O3S2. The number of nitrogens with two attached hydrogens (primary N) is 1. The van der Waals surface area contributed by atoms with Gasteiger partial charge in [-0.15, -0.1) is 10.2 Å². The second-order valence-corrected chi connectivity index (χ2v) is 10.2. The van der Waals surface area contributed by atoms with Gasteiger partial charge in [-0.25, -0.2) is 17.4 Å². The molecule has 0 saturated heterocycles. The van der Waals surface area contributed by atoms with Gasteiger partial charge in [-0.05, 0) is 37.1 Å². The Labute approximate surface area is 170 Å². The highest BCUT2D eigenvalue weighted by molar-refractivity contribution is 7.99. The second-order valence-electron chi connectivity index (χ2n) is 7.00. The van der Waals surface area contributed by atoms with Crippen LogP contribution < -0.4 is 10.6 Å². The third-order valence-electron chi connectivity index (χ3n) is 4.85. The summed E-state index contributed by atoms with van der Waals surface area (Å²) in [7, 11) is -0.411. The van der Waals surface area contributed by atoms with Crippen LogP contribution in [0, 0.1) is 0 Å². The molecule has 0 amide bonds. The monoisotopic (exact) mass is 425 g/mol. The van der Waals surface area contributed by atoms with Crippen molar-refractivity contribution < 1.29 is 13.2 Å². The molecule has 0 bridgehead atoms. The first-order valence-corrected chi connectivity index (χ1v) is 11.8. The first kappa shape index (κ1) is 20.9. The van der Waals surface area contributed by atoms with E-state index in [4.69, 9.17) is 10.6 Å². The molecule has 28 heavy (non-hydrogen) atoms. The largest absolute Gasteiger partial charge is 0.493 e. The molecule has 0 spiro atoms. The van der Waals surface area contributed by atoms with Gasteiger partial charge >= 0.3 is 0 Å². The topological polar surface area (TPSA) is 103 Å². The van der Waals surface area contributed by atoms with Gasteiger partial charge in [0.05, 0.1) is 11.5 Å². The number of hydrogen-bond donors (Lipinski definition) is 1. The first-order chi connectivity index (χ1) is 13.4. The molecule has 0 unspecified atom stereocenters. The molecule has 2 N–H and O–H groups in total. The van der Waals surface area contributed by atoms with E-state index >= 15 is 0 Å². The van der Waals surface area contributed by atoms with Crippen molar-refractivity contribution >= 4 is 21.8 Å². The van der Waals surface area contributed by atoms with Gasteiger partial charge in [0.1, 0.15) is 5.75 Å². The Hall–Kier alpha value is -1.78. The quantitative estimate of drug-likeness (QED) is 0.394. The van der Waals surface area contributed by atoms with Gasteiger partial charge in [0, 0.05) is 25.8 Å². The zero-order valence-corrected chi connectivity index (χ0v) is 17.9. The fourth-order valence-corrected chi connectivity index (χ4v) is 4.82. The van der Waals surface area contributed by atoms with Gasteiger partial charge in [-0.3, -0.25) is 0 Å². The van der Waals surface area contributed by atoms with E-state index in [2.05, 4.69) is 10.2 Å². The van der Waals surface area contributed by atoms with E-state index in [-0.39, 0.29) is 4.90 Å². The van der Waals surface area contributed by atoms with Crippen molar-refractivity contribution in [3.63, 3.8) is 0 Å². The minimum absolute atomic E-state index is 0.241. The van der Waals surface area contributed by atoms with Crippen molar-refractivity contribution in [2.45, 2.75) is 48.1 Å². The summed E-state index contributed by atoms with van der Waals surface area (Å²) in [5.74, 6) is 8.75. The van der Waals surface area contributed by atoms with Crippen LogP contribution in [0.4, 0.5) is 0 Å². The molecule has 3 rings (SSSR count). The fraction of sp³-hybridized carbons (Fsp3) is 0.556. The Morgan fingerprint density at radius 2 is 1.86 bits per heavy atom. The van der Waals surface area contributed by atoms with Gasteiger partial charge in [0.15, 0.2) is 5.82 Å². The number of rotatable bonds is 8. The normalized spacial score (nSPS) is 15.8. The molecule has 154 valence electrons. The van der Waals surface area contributed by atoms with Crippen LogP contribution in [0.1, 0.15) is 43.8 Å². The van der Waals surface area contributed by atoms with E-state index in [1.807, 2.05) is 0 Å². The Bertz CT molecular complexity index is 875. The van der Waals surface area contributed by atoms with Crippen LogP contribution in [0.15, 0.2) is 34.3 Å². The van der Waals surface area contributed by atoms with Crippen molar-refractivity contribution in [1.82, 2.24) is 19.2 Å². The SMILES string of the molecule is CN(C)S(=O)(=O)c1ccc(OCCSc2nnc(C3CCCCC3)n2N)cc1. The Morgan fingerprint density at radius 3 is 2.50 bits per heavy atom. The molecule has 0 radical (unpaired) electrons. The fourth-order valence-electron chi connectivity index (χ4n) is 3.24. The van der Waals surface area contributed by atoms with Crippen LogP contribution in [0.25, 0.3) is 0 Å². The van der Waals surface area contributed by atoms with Crippen molar-refractivity contribution in [1.29, 1.82) is 0 Å². The summed E-state index contributed by atoms with van der Waals surface area (Å²) in [4.78, 5) is 0.241. The third kappa shape index (κ3) is 4.79. The highest BCUT2D eigenvalue weighted by Gasteiger charge is 2.22. The molecule has 1 aliphatic carbocycles. The number of sulfonamides is 1. The molecule has 8 nitrogen and oxygen atoms in total. The van der Waals surface area contributed by atoms with Gasteiger partial charge in [-0.2, -0.15) is 0 Å². The lowest BCUT2D eigenvalue weighted by atomic mass is 9.89. The molecule has 1 aromatic heterocycles. The van der Waals surface area contributed by atoms with E-state index in [1.165, 1.54) is 49.4 Å². The Morgan fingerprint density at radius 1 is 1.18 bits per heavy atom. The van der Waals surface area contributed by atoms with Crippen LogP contribution in [0.2, 0.25) is 0 Å². The zero-order chi connectivity index (χ0) is 20.1. The standard InChI is InChI=1S/C18H27N5O3S2/c1-22(2)28(24,25)16-10-8-15(9-11-16)26-12-13-27-18-21-20-17(23(18)19)14-6-4-3-5-7-14/h8-11,14H,3-7,12-13,19H2,1-2H3. The van der Waals surface area contributed by atoms with E-state index in [1.54, 1.807) is 28.9 Å². The molecule has 1 aromatic carbocycles.